The Bertz CT molecular complexity index is 290. The van der Waals surface area contributed by atoms with E-state index >= 15 is 0 Å². The molecule has 17 heavy (non-hydrogen) atoms. The van der Waals surface area contributed by atoms with E-state index in [4.69, 9.17) is 10.6 Å². The summed E-state index contributed by atoms with van der Waals surface area (Å²) in [4.78, 5) is 16.1. The van der Waals surface area contributed by atoms with Crippen LogP contribution in [0.2, 0.25) is 0 Å². The van der Waals surface area contributed by atoms with Gasteiger partial charge in [0.05, 0.1) is 6.61 Å². The van der Waals surface area contributed by atoms with Crippen LogP contribution in [0, 0.1) is 5.92 Å². The molecule has 0 saturated carbocycles. The molecule has 1 aliphatic rings. The maximum Gasteiger partial charge on any atom is 0.222 e. The van der Waals surface area contributed by atoms with Crippen molar-refractivity contribution in [3.8, 4) is 0 Å². The summed E-state index contributed by atoms with van der Waals surface area (Å²) in [6.45, 7) is 3.35. The fourth-order valence-corrected chi connectivity index (χ4v) is 1.94. The summed E-state index contributed by atoms with van der Waals surface area (Å²) in [5, 5.41) is 15.1. The first-order valence-electron chi connectivity index (χ1n) is 5.88. The van der Waals surface area contributed by atoms with Crippen molar-refractivity contribution in [3.05, 3.63) is 10.4 Å². The summed E-state index contributed by atoms with van der Waals surface area (Å²) < 4.78 is 0. The predicted octanol–water partition coefficient (Wildman–Crippen LogP) is 0.117. The van der Waals surface area contributed by atoms with Crippen LogP contribution in [0.3, 0.4) is 0 Å². The molecule has 1 aliphatic heterocycles. The second kappa shape index (κ2) is 7.89. The molecule has 0 aliphatic carbocycles. The van der Waals surface area contributed by atoms with E-state index in [1.807, 2.05) is 4.90 Å². The Kier molecular flexibility index (Phi) is 6.39. The Morgan fingerprint density at radius 2 is 2.41 bits per heavy atom. The number of azide groups is 1. The zero-order valence-electron chi connectivity index (χ0n) is 9.88. The summed E-state index contributed by atoms with van der Waals surface area (Å²) in [6, 6.07) is 0. The molecule has 1 unspecified atom stereocenters. The lowest BCUT2D eigenvalue weighted by molar-refractivity contribution is -0.127. The predicted molar refractivity (Wildman–Crippen MR) is 63.3 cm³/mol. The van der Waals surface area contributed by atoms with Gasteiger partial charge < -0.3 is 15.3 Å². The highest BCUT2D eigenvalue weighted by Crippen LogP contribution is 2.18. The molecule has 0 bridgehead atoms. The zero-order valence-corrected chi connectivity index (χ0v) is 9.88. The van der Waals surface area contributed by atoms with E-state index in [0.717, 1.165) is 19.5 Å². The number of carbonyl (C=O) groups excluding carboxylic acids is 1. The normalized spacial score (nSPS) is 19.5. The van der Waals surface area contributed by atoms with E-state index in [0.29, 0.717) is 26.1 Å². The van der Waals surface area contributed by atoms with Gasteiger partial charge in [0, 0.05) is 37.5 Å². The van der Waals surface area contributed by atoms with E-state index in [2.05, 4.69) is 15.3 Å². The number of rotatable bonds is 8. The Hall–Kier alpha value is -1.30. The number of aliphatic hydroxyl groups excluding tert-OH is 1. The largest absolute Gasteiger partial charge is 0.395 e. The summed E-state index contributed by atoms with van der Waals surface area (Å²) in [5.74, 6) is 0.314. The molecule has 1 saturated heterocycles. The molecular weight excluding hydrogens is 222 g/mol. The lowest BCUT2D eigenvalue weighted by atomic mass is 10.1. The topological polar surface area (TPSA) is 101 Å². The highest BCUT2D eigenvalue weighted by atomic mass is 16.3. The van der Waals surface area contributed by atoms with Crippen LogP contribution >= 0.6 is 0 Å². The molecule has 1 fully saturated rings. The van der Waals surface area contributed by atoms with Gasteiger partial charge in [0.1, 0.15) is 0 Å². The molecule has 1 amide bonds. The van der Waals surface area contributed by atoms with Crippen LogP contribution < -0.4 is 5.32 Å². The van der Waals surface area contributed by atoms with Crippen LogP contribution in [-0.2, 0) is 4.79 Å². The van der Waals surface area contributed by atoms with Gasteiger partial charge in [-0.15, -0.1) is 0 Å². The summed E-state index contributed by atoms with van der Waals surface area (Å²) in [7, 11) is 0. The van der Waals surface area contributed by atoms with Crippen LogP contribution in [-0.4, -0.2) is 55.2 Å². The van der Waals surface area contributed by atoms with E-state index < -0.39 is 0 Å². The third kappa shape index (κ3) is 5.04. The molecule has 0 aromatic heterocycles. The van der Waals surface area contributed by atoms with Gasteiger partial charge in [-0.1, -0.05) is 5.11 Å². The molecule has 7 heteroatoms. The fraction of sp³-hybridized carbons (Fsp3) is 0.900. The number of hydrogen-bond acceptors (Lipinski definition) is 4. The van der Waals surface area contributed by atoms with Crippen LogP contribution in [0.5, 0.6) is 0 Å². The highest BCUT2D eigenvalue weighted by molar-refractivity contribution is 5.78. The Morgan fingerprint density at radius 1 is 1.59 bits per heavy atom. The van der Waals surface area contributed by atoms with Crippen LogP contribution in [0.4, 0.5) is 0 Å². The molecule has 1 atom stereocenters. The monoisotopic (exact) mass is 241 g/mol. The zero-order chi connectivity index (χ0) is 12.5. The molecule has 0 radical (unpaired) electrons. The van der Waals surface area contributed by atoms with E-state index in [1.54, 1.807) is 0 Å². The maximum absolute atomic E-state index is 11.6. The van der Waals surface area contributed by atoms with Gasteiger partial charge >= 0.3 is 0 Å². The van der Waals surface area contributed by atoms with Crippen molar-refractivity contribution in [1.82, 2.24) is 10.2 Å². The van der Waals surface area contributed by atoms with Gasteiger partial charge in [0.15, 0.2) is 0 Å². The smallest absolute Gasteiger partial charge is 0.222 e. The van der Waals surface area contributed by atoms with Crippen molar-refractivity contribution in [1.29, 1.82) is 0 Å². The SMILES string of the molecule is [N-]=[N+]=NCC1CC(=O)N(CCCNCCO)C1. The minimum atomic E-state index is 0.136. The Balaban J connectivity index is 2.16. The molecule has 0 aromatic rings. The quantitative estimate of drug-likeness (QED) is 0.273. The lowest BCUT2D eigenvalue weighted by Crippen LogP contribution is -2.29. The van der Waals surface area contributed by atoms with Crippen molar-refractivity contribution in [2.45, 2.75) is 12.8 Å². The first-order valence-corrected chi connectivity index (χ1v) is 5.88. The molecule has 96 valence electrons. The van der Waals surface area contributed by atoms with Gasteiger partial charge in [0.2, 0.25) is 5.91 Å². The van der Waals surface area contributed by atoms with Crippen LogP contribution in [0.25, 0.3) is 10.4 Å². The number of amides is 1. The third-order valence-electron chi connectivity index (χ3n) is 2.77. The summed E-state index contributed by atoms with van der Waals surface area (Å²) in [5.41, 5.74) is 8.21. The highest BCUT2D eigenvalue weighted by Gasteiger charge is 2.28. The number of nitrogens with zero attached hydrogens (tertiary/aromatic N) is 4. The standard InChI is InChI=1S/C10H19N5O2/c11-14-13-7-9-6-10(17)15(8-9)4-1-2-12-3-5-16/h9,12,16H,1-8H2. The van der Waals surface area contributed by atoms with Crippen LogP contribution in [0.1, 0.15) is 12.8 Å². The van der Waals surface area contributed by atoms with E-state index in [9.17, 15) is 4.79 Å². The molecule has 1 heterocycles. The van der Waals surface area contributed by atoms with E-state index in [1.165, 1.54) is 0 Å². The number of likely N-dealkylation sites (tertiary alicyclic amines) is 1. The number of hydrogen-bond donors (Lipinski definition) is 2. The number of carbonyl (C=O) groups is 1. The van der Waals surface area contributed by atoms with Gasteiger partial charge in [-0.05, 0) is 24.4 Å². The Morgan fingerprint density at radius 3 is 3.12 bits per heavy atom. The second-order valence-corrected chi connectivity index (χ2v) is 4.15. The third-order valence-corrected chi connectivity index (χ3v) is 2.77. The Labute approximate surface area is 100 Å². The van der Waals surface area contributed by atoms with Crippen LogP contribution in [0.15, 0.2) is 5.11 Å². The maximum atomic E-state index is 11.6. The van der Waals surface area contributed by atoms with Crippen molar-refractivity contribution in [2.75, 3.05) is 39.3 Å². The van der Waals surface area contributed by atoms with E-state index in [-0.39, 0.29) is 18.4 Å². The summed E-state index contributed by atoms with van der Waals surface area (Å²) >= 11 is 0. The molecule has 0 aromatic carbocycles. The van der Waals surface area contributed by atoms with Gasteiger partial charge in [0.25, 0.3) is 0 Å². The molecule has 0 spiro atoms. The first-order chi connectivity index (χ1) is 8.27. The van der Waals surface area contributed by atoms with Crippen molar-refractivity contribution < 1.29 is 9.90 Å². The van der Waals surface area contributed by atoms with Gasteiger partial charge in [-0.3, -0.25) is 4.79 Å². The fourth-order valence-electron chi connectivity index (χ4n) is 1.94. The molecular formula is C10H19N5O2. The minimum absolute atomic E-state index is 0.136. The number of aliphatic hydroxyl groups is 1. The average molecular weight is 241 g/mol. The average Bonchev–Trinajstić information content (AvgIpc) is 2.67. The molecule has 2 N–H and O–H groups in total. The minimum Gasteiger partial charge on any atom is -0.395 e. The summed E-state index contributed by atoms with van der Waals surface area (Å²) in [6.07, 6.45) is 1.36. The molecule has 7 nitrogen and oxygen atoms in total. The first kappa shape index (κ1) is 13.8. The second-order valence-electron chi connectivity index (χ2n) is 4.15. The van der Waals surface area contributed by atoms with Gasteiger partial charge in [-0.2, -0.15) is 0 Å². The van der Waals surface area contributed by atoms with Crippen molar-refractivity contribution in [3.63, 3.8) is 0 Å². The molecule has 1 rings (SSSR count). The van der Waals surface area contributed by atoms with Crippen molar-refractivity contribution >= 4 is 5.91 Å². The lowest BCUT2D eigenvalue weighted by Gasteiger charge is -2.16. The number of nitrogens with one attached hydrogen (secondary N) is 1. The van der Waals surface area contributed by atoms with Gasteiger partial charge in [-0.25, -0.2) is 0 Å². The van der Waals surface area contributed by atoms with Crippen molar-refractivity contribution in [2.24, 2.45) is 11.0 Å².